The maximum atomic E-state index is 13.2. The van der Waals surface area contributed by atoms with Gasteiger partial charge < -0.3 is 15.2 Å². The second-order valence-electron chi connectivity index (χ2n) is 4.26. The third-order valence-electron chi connectivity index (χ3n) is 2.74. The van der Waals surface area contributed by atoms with Gasteiger partial charge in [-0.25, -0.2) is 4.39 Å². The van der Waals surface area contributed by atoms with Crippen LogP contribution in [0.1, 0.15) is 12.5 Å². The van der Waals surface area contributed by atoms with Gasteiger partial charge in [0.1, 0.15) is 11.6 Å². The van der Waals surface area contributed by atoms with E-state index in [1.165, 1.54) is 12.1 Å². The number of aromatic nitrogens is 2. The van der Waals surface area contributed by atoms with Gasteiger partial charge in [0.05, 0.1) is 31.6 Å². The Bertz CT molecular complexity index is 557. The van der Waals surface area contributed by atoms with Crippen molar-refractivity contribution in [1.29, 1.82) is 0 Å². The van der Waals surface area contributed by atoms with Crippen LogP contribution in [-0.2, 0) is 13.1 Å². The van der Waals surface area contributed by atoms with Gasteiger partial charge in [-0.3, -0.25) is 4.68 Å². The molecule has 0 amide bonds. The molecule has 0 fully saturated rings. The number of hydrogen-bond acceptors (Lipinski definition) is 4. The SMILES string of the molecule is CCOc1cc(F)ccc1NCc1cnn(CCO)c1. The highest BCUT2D eigenvalue weighted by molar-refractivity contribution is 5.56. The molecule has 20 heavy (non-hydrogen) atoms. The number of nitrogens with one attached hydrogen (secondary N) is 1. The van der Waals surface area contributed by atoms with Gasteiger partial charge in [0.15, 0.2) is 0 Å². The Morgan fingerprint density at radius 1 is 1.45 bits per heavy atom. The van der Waals surface area contributed by atoms with E-state index in [2.05, 4.69) is 10.4 Å². The molecule has 2 N–H and O–H groups in total. The van der Waals surface area contributed by atoms with Crippen molar-refractivity contribution >= 4 is 5.69 Å². The number of ether oxygens (including phenoxy) is 1. The zero-order valence-corrected chi connectivity index (χ0v) is 11.3. The highest BCUT2D eigenvalue weighted by Gasteiger charge is 2.06. The van der Waals surface area contributed by atoms with Gasteiger partial charge in [0.25, 0.3) is 0 Å². The normalized spacial score (nSPS) is 10.6. The zero-order chi connectivity index (χ0) is 14.4. The van der Waals surface area contributed by atoms with Gasteiger partial charge in [-0.15, -0.1) is 0 Å². The van der Waals surface area contributed by atoms with Crippen LogP contribution in [0.5, 0.6) is 5.75 Å². The number of rotatable bonds is 7. The summed E-state index contributed by atoms with van der Waals surface area (Å²) in [5.74, 6) is 0.171. The molecule has 5 nitrogen and oxygen atoms in total. The van der Waals surface area contributed by atoms with E-state index in [9.17, 15) is 4.39 Å². The summed E-state index contributed by atoms with van der Waals surface area (Å²) in [4.78, 5) is 0. The molecule has 0 atom stereocenters. The summed E-state index contributed by atoms with van der Waals surface area (Å²) < 4.78 is 20.2. The Labute approximate surface area is 117 Å². The average Bonchev–Trinajstić information content (AvgIpc) is 2.86. The van der Waals surface area contributed by atoms with Crippen LogP contribution in [0.15, 0.2) is 30.6 Å². The maximum absolute atomic E-state index is 13.2. The highest BCUT2D eigenvalue weighted by Crippen LogP contribution is 2.25. The lowest BCUT2D eigenvalue weighted by Gasteiger charge is -2.11. The molecular weight excluding hydrogens is 261 g/mol. The fraction of sp³-hybridized carbons (Fsp3) is 0.357. The first-order chi connectivity index (χ1) is 9.72. The molecule has 0 radical (unpaired) electrons. The van der Waals surface area contributed by atoms with Crippen molar-refractivity contribution in [2.75, 3.05) is 18.5 Å². The minimum atomic E-state index is -0.324. The highest BCUT2D eigenvalue weighted by atomic mass is 19.1. The van der Waals surface area contributed by atoms with Crippen molar-refractivity contribution in [3.63, 3.8) is 0 Å². The van der Waals surface area contributed by atoms with Crippen molar-refractivity contribution in [1.82, 2.24) is 9.78 Å². The van der Waals surface area contributed by atoms with E-state index in [0.29, 0.717) is 25.4 Å². The fourth-order valence-corrected chi connectivity index (χ4v) is 1.84. The molecule has 0 aliphatic heterocycles. The molecule has 6 heteroatoms. The molecule has 2 rings (SSSR count). The lowest BCUT2D eigenvalue weighted by atomic mass is 10.2. The first-order valence-electron chi connectivity index (χ1n) is 6.51. The number of aliphatic hydroxyl groups is 1. The summed E-state index contributed by atoms with van der Waals surface area (Å²) in [6.45, 7) is 3.42. The van der Waals surface area contributed by atoms with E-state index in [-0.39, 0.29) is 12.4 Å². The van der Waals surface area contributed by atoms with Crippen molar-refractivity contribution < 1.29 is 14.2 Å². The largest absolute Gasteiger partial charge is 0.492 e. The number of nitrogens with zero attached hydrogens (tertiary/aromatic N) is 2. The van der Waals surface area contributed by atoms with Crippen molar-refractivity contribution in [2.45, 2.75) is 20.0 Å². The third kappa shape index (κ3) is 3.71. The Hall–Kier alpha value is -2.08. The summed E-state index contributed by atoms with van der Waals surface area (Å²) in [5, 5.41) is 16.1. The first kappa shape index (κ1) is 14.3. The lowest BCUT2D eigenvalue weighted by Crippen LogP contribution is -2.03. The molecule has 108 valence electrons. The van der Waals surface area contributed by atoms with Gasteiger partial charge in [-0.1, -0.05) is 0 Å². The molecule has 1 heterocycles. The summed E-state index contributed by atoms with van der Waals surface area (Å²) in [7, 11) is 0. The minimum absolute atomic E-state index is 0.0565. The standard InChI is InChI=1S/C14H18FN3O2/c1-2-20-14-7-12(15)3-4-13(14)16-8-11-9-17-18(10-11)5-6-19/h3-4,7,9-10,16,19H,2,5-6,8H2,1H3. The second kappa shape index (κ2) is 6.91. The summed E-state index contributed by atoms with van der Waals surface area (Å²) in [6.07, 6.45) is 3.58. The molecule has 0 saturated heterocycles. The van der Waals surface area contributed by atoms with E-state index in [1.807, 2.05) is 13.1 Å². The van der Waals surface area contributed by atoms with E-state index < -0.39 is 0 Å². The molecule has 0 saturated carbocycles. The number of anilines is 1. The van der Waals surface area contributed by atoms with Gasteiger partial charge in [0.2, 0.25) is 0 Å². The fourth-order valence-electron chi connectivity index (χ4n) is 1.84. The van der Waals surface area contributed by atoms with Crippen LogP contribution in [-0.4, -0.2) is 28.1 Å². The second-order valence-corrected chi connectivity index (χ2v) is 4.26. The molecular formula is C14H18FN3O2. The summed E-state index contributed by atoms with van der Waals surface area (Å²) in [5.41, 5.74) is 1.72. The molecule has 1 aromatic heterocycles. The first-order valence-corrected chi connectivity index (χ1v) is 6.51. The smallest absolute Gasteiger partial charge is 0.145 e. The lowest BCUT2D eigenvalue weighted by molar-refractivity contribution is 0.269. The zero-order valence-electron chi connectivity index (χ0n) is 11.3. The van der Waals surface area contributed by atoms with Gasteiger partial charge >= 0.3 is 0 Å². The number of hydrogen-bond donors (Lipinski definition) is 2. The van der Waals surface area contributed by atoms with E-state index in [4.69, 9.17) is 9.84 Å². The number of aliphatic hydroxyl groups excluding tert-OH is 1. The third-order valence-corrected chi connectivity index (χ3v) is 2.74. The van der Waals surface area contributed by atoms with Crippen molar-refractivity contribution in [3.8, 4) is 5.75 Å². The summed E-state index contributed by atoms with van der Waals surface area (Å²) >= 11 is 0. The Morgan fingerprint density at radius 2 is 2.30 bits per heavy atom. The van der Waals surface area contributed by atoms with Crippen LogP contribution in [0.2, 0.25) is 0 Å². The minimum Gasteiger partial charge on any atom is -0.492 e. The molecule has 0 unspecified atom stereocenters. The van der Waals surface area contributed by atoms with Crippen LogP contribution < -0.4 is 10.1 Å². The van der Waals surface area contributed by atoms with Crippen molar-refractivity contribution in [2.24, 2.45) is 0 Å². The Balaban J connectivity index is 2.02. The predicted molar refractivity (Wildman–Crippen MR) is 74.2 cm³/mol. The maximum Gasteiger partial charge on any atom is 0.145 e. The number of benzene rings is 1. The molecule has 0 spiro atoms. The summed E-state index contributed by atoms with van der Waals surface area (Å²) in [6, 6.07) is 4.40. The van der Waals surface area contributed by atoms with Crippen LogP contribution in [0, 0.1) is 5.82 Å². The van der Waals surface area contributed by atoms with E-state index >= 15 is 0 Å². The van der Waals surface area contributed by atoms with E-state index in [0.717, 1.165) is 11.3 Å². The van der Waals surface area contributed by atoms with Crippen LogP contribution in [0.25, 0.3) is 0 Å². The predicted octanol–water partition coefficient (Wildman–Crippen LogP) is 2.03. The van der Waals surface area contributed by atoms with Gasteiger partial charge in [-0.2, -0.15) is 5.10 Å². The molecule has 2 aromatic rings. The number of halogens is 1. The average molecular weight is 279 g/mol. The van der Waals surface area contributed by atoms with Gasteiger partial charge in [-0.05, 0) is 19.1 Å². The molecule has 0 aliphatic rings. The van der Waals surface area contributed by atoms with E-state index in [1.54, 1.807) is 16.9 Å². The molecule has 0 aliphatic carbocycles. The van der Waals surface area contributed by atoms with Crippen LogP contribution >= 0.6 is 0 Å². The Kier molecular flexibility index (Phi) is 4.95. The van der Waals surface area contributed by atoms with Gasteiger partial charge in [0, 0.05) is 24.4 Å². The monoisotopic (exact) mass is 279 g/mol. The van der Waals surface area contributed by atoms with Crippen LogP contribution in [0.4, 0.5) is 10.1 Å². The van der Waals surface area contributed by atoms with Crippen LogP contribution in [0.3, 0.4) is 0 Å². The topological polar surface area (TPSA) is 59.3 Å². The molecule has 1 aromatic carbocycles. The quantitative estimate of drug-likeness (QED) is 0.814. The molecule has 0 bridgehead atoms. The Morgan fingerprint density at radius 3 is 3.05 bits per heavy atom. The van der Waals surface area contributed by atoms with Crippen molar-refractivity contribution in [3.05, 3.63) is 42.0 Å².